The average molecular weight is 455 g/mol. The van der Waals surface area contributed by atoms with Gasteiger partial charge in [-0.2, -0.15) is 0 Å². The summed E-state index contributed by atoms with van der Waals surface area (Å²) < 4.78 is 5.81. The summed E-state index contributed by atoms with van der Waals surface area (Å²) in [6.45, 7) is 2.05. The van der Waals surface area contributed by atoms with Crippen LogP contribution >= 0.6 is 12.2 Å². The molecule has 2 heterocycles. The molecule has 0 spiro atoms. The van der Waals surface area contributed by atoms with Crippen LogP contribution in [0.2, 0.25) is 0 Å². The van der Waals surface area contributed by atoms with Gasteiger partial charge in [-0.05, 0) is 41.0 Å². The van der Waals surface area contributed by atoms with Crippen molar-refractivity contribution in [3.8, 4) is 0 Å². The summed E-state index contributed by atoms with van der Waals surface area (Å²) >= 11 is 5.30. The molecule has 33 heavy (non-hydrogen) atoms. The van der Waals surface area contributed by atoms with Crippen molar-refractivity contribution in [2.24, 2.45) is 0 Å². The number of carbonyl (C=O) groups is 1. The summed E-state index contributed by atoms with van der Waals surface area (Å²) in [6.07, 6.45) is 0. The molecule has 1 unspecified atom stereocenters. The monoisotopic (exact) mass is 454 g/mol. The van der Waals surface area contributed by atoms with Crippen molar-refractivity contribution in [3.63, 3.8) is 0 Å². The Labute approximate surface area is 196 Å². The fourth-order valence-electron chi connectivity index (χ4n) is 4.44. The molecule has 3 aromatic carbocycles. The van der Waals surface area contributed by atoms with Gasteiger partial charge < -0.3 is 20.8 Å². The fourth-order valence-corrected chi connectivity index (χ4v) is 4.64. The van der Waals surface area contributed by atoms with Crippen molar-refractivity contribution in [1.29, 1.82) is 0 Å². The standard InChI is InChI=1S/C26H22N4O2S/c1-2-32-25(31)20-19(18-14-8-12-15-9-6-7-13-17(15)18)21-23(27)29-26(33)30-24(21)28-22(20)16-10-4-3-5-11-16/h3-14,19H,2H2,1H3,(H4,27,28,29,30,33). The van der Waals surface area contributed by atoms with Crippen LogP contribution in [0.15, 0.2) is 78.4 Å². The normalized spacial score (nSPS) is 15.1. The average Bonchev–Trinajstić information content (AvgIpc) is 2.83. The van der Waals surface area contributed by atoms with Crippen molar-refractivity contribution in [2.75, 3.05) is 17.7 Å². The Balaban J connectivity index is 1.89. The Bertz CT molecular complexity index is 1460. The third-order valence-corrected chi connectivity index (χ3v) is 5.98. The summed E-state index contributed by atoms with van der Waals surface area (Å²) in [7, 11) is 0. The minimum absolute atomic E-state index is 0.254. The summed E-state index contributed by atoms with van der Waals surface area (Å²) in [6, 6.07) is 23.8. The first-order valence-corrected chi connectivity index (χ1v) is 11.1. The third-order valence-electron chi connectivity index (χ3n) is 5.78. The van der Waals surface area contributed by atoms with Crippen LogP contribution in [0, 0.1) is 4.77 Å². The van der Waals surface area contributed by atoms with E-state index in [1.54, 1.807) is 6.92 Å². The Morgan fingerprint density at radius 3 is 2.58 bits per heavy atom. The van der Waals surface area contributed by atoms with Gasteiger partial charge in [-0.25, -0.2) is 9.78 Å². The molecule has 1 atom stereocenters. The number of rotatable bonds is 4. The summed E-state index contributed by atoms with van der Waals surface area (Å²) in [5.74, 6) is -0.0272. The van der Waals surface area contributed by atoms with Crippen LogP contribution in [0.5, 0.6) is 0 Å². The zero-order valence-electron chi connectivity index (χ0n) is 18.0. The van der Waals surface area contributed by atoms with E-state index in [1.807, 2.05) is 72.8 Å². The Kier molecular flexibility index (Phi) is 5.40. The van der Waals surface area contributed by atoms with Crippen LogP contribution in [-0.2, 0) is 9.53 Å². The van der Waals surface area contributed by atoms with Gasteiger partial charge in [0.25, 0.3) is 0 Å². The predicted octanol–water partition coefficient (Wildman–Crippen LogP) is 5.41. The molecule has 6 nitrogen and oxygen atoms in total. The first-order valence-electron chi connectivity index (χ1n) is 10.7. The SMILES string of the molecule is CCOC(=O)C1=C(c2ccccc2)Nc2nc(=S)[nH]c(N)c2C1c1cccc2ccccc12. The van der Waals surface area contributed by atoms with E-state index in [1.165, 1.54) is 0 Å². The molecule has 4 N–H and O–H groups in total. The van der Waals surface area contributed by atoms with E-state index >= 15 is 0 Å². The maximum Gasteiger partial charge on any atom is 0.337 e. The van der Waals surface area contributed by atoms with Gasteiger partial charge in [0, 0.05) is 5.56 Å². The number of benzene rings is 3. The lowest BCUT2D eigenvalue weighted by Gasteiger charge is -2.32. The van der Waals surface area contributed by atoms with E-state index in [0.29, 0.717) is 28.5 Å². The molecular weight excluding hydrogens is 432 g/mol. The van der Waals surface area contributed by atoms with Gasteiger partial charge in [-0.1, -0.05) is 72.8 Å². The second-order valence-corrected chi connectivity index (χ2v) is 8.11. The van der Waals surface area contributed by atoms with Gasteiger partial charge in [0.15, 0.2) is 4.77 Å². The highest BCUT2D eigenvalue weighted by Crippen LogP contribution is 2.47. The molecule has 0 saturated heterocycles. The van der Waals surface area contributed by atoms with Gasteiger partial charge in [-0.15, -0.1) is 0 Å². The lowest BCUT2D eigenvalue weighted by Crippen LogP contribution is -2.27. The number of esters is 1. The van der Waals surface area contributed by atoms with Crippen LogP contribution in [0.3, 0.4) is 0 Å². The lowest BCUT2D eigenvalue weighted by molar-refractivity contribution is -0.138. The van der Waals surface area contributed by atoms with E-state index in [-0.39, 0.29) is 11.4 Å². The van der Waals surface area contributed by atoms with E-state index in [2.05, 4.69) is 15.3 Å². The van der Waals surface area contributed by atoms with Gasteiger partial charge >= 0.3 is 5.97 Å². The number of anilines is 2. The summed E-state index contributed by atoms with van der Waals surface area (Å²) in [5.41, 5.74) is 10.0. The highest BCUT2D eigenvalue weighted by atomic mass is 32.1. The van der Waals surface area contributed by atoms with E-state index < -0.39 is 11.9 Å². The molecular formula is C26H22N4O2S. The van der Waals surface area contributed by atoms with Crippen molar-refractivity contribution in [1.82, 2.24) is 9.97 Å². The zero-order chi connectivity index (χ0) is 22.9. The highest BCUT2D eigenvalue weighted by molar-refractivity contribution is 7.71. The van der Waals surface area contributed by atoms with Crippen LogP contribution < -0.4 is 11.1 Å². The first-order chi connectivity index (χ1) is 16.1. The quantitative estimate of drug-likeness (QED) is 0.282. The number of hydrogen-bond acceptors (Lipinski definition) is 6. The Morgan fingerprint density at radius 1 is 1.06 bits per heavy atom. The van der Waals surface area contributed by atoms with E-state index in [0.717, 1.165) is 21.9 Å². The molecule has 0 aliphatic carbocycles. The molecule has 1 aromatic heterocycles. The number of nitrogens with zero attached hydrogens (tertiary/aromatic N) is 1. The van der Waals surface area contributed by atoms with E-state index in [9.17, 15) is 4.79 Å². The number of aromatic amines is 1. The van der Waals surface area contributed by atoms with Crippen LogP contribution in [0.25, 0.3) is 16.5 Å². The summed E-state index contributed by atoms with van der Waals surface area (Å²) in [4.78, 5) is 21.0. The van der Waals surface area contributed by atoms with Gasteiger partial charge in [0.2, 0.25) is 0 Å². The molecule has 7 heteroatoms. The molecule has 0 fully saturated rings. The molecule has 0 radical (unpaired) electrons. The zero-order valence-corrected chi connectivity index (χ0v) is 18.8. The fraction of sp³-hybridized carbons (Fsp3) is 0.115. The smallest absolute Gasteiger partial charge is 0.337 e. The van der Waals surface area contributed by atoms with Gasteiger partial charge in [0.1, 0.15) is 11.6 Å². The maximum atomic E-state index is 13.5. The second kappa shape index (κ2) is 8.52. The van der Waals surface area contributed by atoms with Gasteiger partial charge in [-0.3, -0.25) is 0 Å². The maximum absolute atomic E-state index is 13.5. The number of fused-ring (bicyclic) bond motifs is 2. The molecule has 0 saturated carbocycles. The molecule has 1 aliphatic rings. The third kappa shape index (κ3) is 3.66. The first kappa shape index (κ1) is 20.9. The second-order valence-electron chi connectivity index (χ2n) is 7.72. The number of carbonyl (C=O) groups excluding carboxylic acids is 1. The molecule has 1 aliphatic heterocycles. The number of hydrogen-bond donors (Lipinski definition) is 3. The number of nitrogen functional groups attached to an aromatic ring is 1. The minimum Gasteiger partial charge on any atom is -0.463 e. The predicted molar refractivity (Wildman–Crippen MR) is 133 cm³/mol. The largest absolute Gasteiger partial charge is 0.463 e. The lowest BCUT2D eigenvalue weighted by atomic mass is 9.79. The Morgan fingerprint density at radius 2 is 1.79 bits per heavy atom. The molecule has 164 valence electrons. The number of ether oxygens (including phenoxy) is 1. The molecule has 4 aromatic rings. The van der Waals surface area contributed by atoms with Crippen LogP contribution in [0.1, 0.15) is 29.5 Å². The highest BCUT2D eigenvalue weighted by Gasteiger charge is 2.38. The molecule has 0 amide bonds. The topological polar surface area (TPSA) is 93.0 Å². The Hall–Kier alpha value is -3.97. The van der Waals surface area contributed by atoms with Crippen molar-refractivity contribution in [3.05, 3.63) is 99.8 Å². The number of nitrogens with two attached hydrogens (primary N) is 1. The van der Waals surface area contributed by atoms with Crippen molar-refractivity contribution < 1.29 is 9.53 Å². The number of H-pyrrole nitrogens is 1. The number of nitrogens with one attached hydrogen (secondary N) is 2. The van der Waals surface area contributed by atoms with Crippen molar-refractivity contribution >= 4 is 46.3 Å². The van der Waals surface area contributed by atoms with Crippen LogP contribution in [0.4, 0.5) is 11.6 Å². The number of aromatic nitrogens is 2. The molecule has 5 rings (SSSR count). The van der Waals surface area contributed by atoms with Crippen molar-refractivity contribution in [2.45, 2.75) is 12.8 Å². The van der Waals surface area contributed by atoms with E-state index in [4.69, 9.17) is 22.7 Å². The van der Waals surface area contributed by atoms with Crippen LogP contribution in [-0.4, -0.2) is 22.5 Å². The summed E-state index contributed by atoms with van der Waals surface area (Å²) in [5, 5.41) is 5.42. The molecule has 0 bridgehead atoms. The minimum atomic E-state index is -0.513. The van der Waals surface area contributed by atoms with Gasteiger partial charge in [0.05, 0.1) is 23.8 Å².